The van der Waals surface area contributed by atoms with Crippen molar-refractivity contribution in [3.63, 3.8) is 0 Å². The number of tetrazole rings is 1. The van der Waals surface area contributed by atoms with Gasteiger partial charge in [-0.05, 0) is 60.7 Å². The molecular weight excluding hydrogens is 378 g/mol. The van der Waals surface area contributed by atoms with E-state index in [2.05, 4.69) is 31.4 Å². The van der Waals surface area contributed by atoms with Gasteiger partial charge in [-0.3, -0.25) is 20.4 Å². The monoisotopic (exact) mass is 395 g/mol. The Labute approximate surface area is 165 Å². The predicted molar refractivity (Wildman–Crippen MR) is 99.0 cm³/mol. The summed E-state index contributed by atoms with van der Waals surface area (Å²) in [6, 6.07) is 9.28. The van der Waals surface area contributed by atoms with Gasteiger partial charge in [0.15, 0.2) is 0 Å². The number of aromatic nitrogens is 5. The Morgan fingerprint density at radius 2 is 1.76 bits per heavy atom. The lowest BCUT2D eigenvalue weighted by molar-refractivity contribution is 0.0524. The Morgan fingerprint density at radius 3 is 2.38 bits per heavy atom. The number of hydrogen-bond acceptors (Lipinski definition) is 8. The number of carbonyl (C=O) groups is 3. The molecule has 2 amide bonds. The van der Waals surface area contributed by atoms with Crippen LogP contribution in [0.2, 0.25) is 0 Å². The lowest BCUT2D eigenvalue weighted by Gasteiger charge is -2.09. The van der Waals surface area contributed by atoms with Crippen LogP contribution in [0.5, 0.6) is 0 Å². The van der Waals surface area contributed by atoms with E-state index in [4.69, 9.17) is 4.74 Å². The molecule has 0 aliphatic carbocycles. The van der Waals surface area contributed by atoms with Crippen molar-refractivity contribution in [2.45, 2.75) is 13.8 Å². The van der Waals surface area contributed by atoms with E-state index in [-0.39, 0.29) is 17.9 Å². The first kappa shape index (κ1) is 19.6. The van der Waals surface area contributed by atoms with E-state index < -0.39 is 17.8 Å². The maximum atomic E-state index is 12.2. The zero-order chi connectivity index (χ0) is 20.8. The molecule has 3 aromatic rings. The van der Waals surface area contributed by atoms with E-state index in [9.17, 15) is 14.4 Å². The Hall–Kier alpha value is -4.15. The number of hydrazine groups is 1. The van der Waals surface area contributed by atoms with Crippen LogP contribution in [0.4, 0.5) is 0 Å². The molecule has 0 fully saturated rings. The molecule has 1 aromatic carbocycles. The average molecular weight is 395 g/mol. The highest BCUT2D eigenvalue weighted by atomic mass is 16.5. The number of esters is 1. The van der Waals surface area contributed by atoms with E-state index in [1.807, 2.05) is 0 Å². The quantitative estimate of drug-likeness (QED) is 0.473. The molecule has 29 heavy (non-hydrogen) atoms. The number of rotatable bonds is 5. The number of amides is 2. The third-order valence-electron chi connectivity index (χ3n) is 3.85. The van der Waals surface area contributed by atoms with Crippen LogP contribution < -0.4 is 10.9 Å². The van der Waals surface area contributed by atoms with Gasteiger partial charge in [0.1, 0.15) is 12.0 Å². The molecule has 0 aliphatic rings. The molecule has 2 heterocycles. The summed E-state index contributed by atoms with van der Waals surface area (Å²) < 4.78 is 6.36. The average Bonchev–Trinajstić information content (AvgIpc) is 3.26. The highest BCUT2D eigenvalue weighted by Gasteiger charge is 2.15. The lowest BCUT2D eigenvalue weighted by Crippen LogP contribution is -2.42. The number of carbonyl (C=O) groups excluding carboxylic acids is 3. The van der Waals surface area contributed by atoms with Crippen molar-refractivity contribution in [1.29, 1.82) is 0 Å². The predicted octanol–water partition coefficient (Wildman–Crippen LogP) is 0.617. The van der Waals surface area contributed by atoms with Crippen LogP contribution in [0.3, 0.4) is 0 Å². The molecule has 2 N–H and O–H groups in total. The zero-order valence-electron chi connectivity index (χ0n) is 15.6. The molecule has 0 saturated carbocycles. The first-order valence-corrected chi connectivity index (χ1v) is 8.58. The minimum Gasteiger partial charge on any atom is -0.462 e. The fourth-order valence-electron chi connectivity index (χ4n) is 2.41. The summed E-state index contributed by atoms with van der Waals surface area (Å²) >= 11 is 0. The first-order chi connectivity index (χ1) is 14.0. The van der Waals surface area contributed by atoms with Gasteiger partial charge in [0, 0.05) is 5.56 Å². The summed E-state index contributed by atoms with van der Waals surface area (Å²) in [6.45, 7) is 3.53. The Kier molecular flexibility index (Phi) is 5.88. The van der Waals surface area contributed by atoms with Crippen molar-refractivity contribution in [2.24, 2.45) is 0 Å². The van der Waals surface area contributed by atoms with Crippen molar-refractivity contribution < 1.29 is 19.1 Å². The second-order valence-electron chi connectivity index (χ2n) is 5.76. The van der Waals surface area contributed by atoms with Crippen LogP contribution in [0.15, 0.2) is 42.7 Å². The van der Waals surface area contributed by atoms with Gasteiger partial charge in [-0.15, -0.1) is 5.10 Å². The van der Waals surface area contributed by atoms with Gasteiger partial charge >= 0.3 is 5.97 Å². The van der Waals surface area contributed by atoms with Gasteiger partial charge in [0.25, 0.3) is 11.8 Å². The van der Waals surface area contributed by atoms with Crippen LogP contribution in [-0.2, 0) is 4.74 Å². The Morgan fingerprint density at radius 1 is 1.03 bits per heavy atom. The van der Waals surface area contributed by atoms with E-state index in [0.29, 0.717) is 16.9 Å². The number of hydrogen-bond donors (Lipinski definition) is 2. The fourth-order valence-corrected chi connectivity index (χ4v) is 2.41. The summed E-state index contributed by atoms with van der Waals surface area (Å²) in [4.78, 5) is 40.3. The third kappa shape index (κ3) is 4.58. The Balaban J connectivity index is 1.60. The summed E-state index contributed by atoms with van der Waals surface area (Å²) in [5, 5.41) is 10.8. The van der Waals surface area contributed by atoms with Gasteiger partial charge in [0.05, 0.1) is 23.6 Å². The maximum absolute atomic E-state index is 12.2. The second kappa shape index (κ2) is 8.69. The molecule has 0 bridgehead atoms. The smallest absolute Gasteiger partial charge is 0.339 e. The number of ether oxygens (including phenoxy) is 1. The van der Waals surface area contributed by atoms with Gasteiger partial charge in [0.2, 0.25) is 0 Å². The first-order valence-electron chi connectivity index (χ1n) is 8.58. The third-order valence-corrected chi connectivity index (χ3v) is 3.85. The summed E-state index contributed by atoms with van der Waals surface area (Å²) in [6.07, 6.45) is 1.43. The van der Waals surface area contributed by atoms with Crippen molar-refractivity contribution in [1.82, 2.24) is 36.0 Å². The molecule has 0 aliphatic heterocycles. The zero-order valence-corrected chi connectivity index (χ0v) is 15.6. The number of nitrogens with one attached hydrogen (secondary N) is 2. The summed E-state index contributed by atoms with van der Waals surface area (Å²) in [5.74, 6) is -1.65. The minimum absolute atomic E-state index is 0.0462. The molecule has 2 aromatic heterocycles. The van der Waals surface area contributed by atoms with Crippen molar-refractivity contribution in [2.75, 3.05) is 6.61 Å². The molecule has 0 unspecified atom stereocenters. The lowest BCUT2D eigenvalue weighted by atomic mass is 10.2. The van der Waals surface area contributed by atoms with E-state index in [1.54, 1.807) is 38.1 Å². The molecule has 3 rings (SSSR count). The second-order valence-corrected chi connectivity index (χ2v) is 5.76. The number of aryl methyl sites for hydroxylation is 1. The topological polar surface area (TPSA) is 141 Å². The van der Waals surface area contributed by atoms with Crippen molar-refractivity contribution in [3.05, 3.63) is 65.2 Å². The van der Waals surface area contributed by atoms with Gasteiger partial charge in [-0.25, -0.2) is 14.5 Å². The number of pyridine rings is 1. The van der Waals surface area contributed by atoms with Gasteiger partial charge in [-0.2, -0.15) is 0 Å². The molecule has 0 saturated heterocycles. The van der Waals surface area contributed by atoms with Crippen LogP contribution in [0.25, 0.3) is 5.69 Å². The highest BCUT2D eigenvalue weighted by molar-refractivity contribution is 5.99. The molecular formula is C18H17N7O4. The van der Waals surface area contributed by atoms with Crippen LogP contribution in [0, 0.1) is 6.92 Å². The molecule has 0 spiro atoms. The van der Waals surface area contributed by atoms with Crippen molar-refractivity contribution in [3.8, 4) is 5.69 Å². The number of benzene rings is 1. The molecule has 11 heteroatoms. The standard InChI is InChI=1S/C18H17N7O4/c1-3-29-18(28)14-8-9-15(20-11(14)2)17(27)22-21-16(26)12-4-6-13(7-5-12)25-10-19-23-24-25/h4-10H,3H2,1-2H3,(H,21,26)(H,22,27). The maximum Gasteiger partial charge on any atom is 0.339 e. The molecule has 0 radical (unpaired) electrons. The van der Waals surface area contributed by atoms with Gasteiger partial charge in [-0.1, -0.05) is 0 Å². The van der Waals surface area contributed by atoms with Crippen LogP contribution >= 0.6 is 0 Å². The fraction of sp³-hybridized carbons (Fsp3) is 0.167. The molecule has 0 atom stereocenters. The molecule has 11 nitrogen and oxygen atoms in total. The number of nitrogens with zero attached hydrogens (tertiary/aromatic N) is 5. The van der Waals surface area contributed by atoms with Crippen LogP contribution in [-0.4, -0.2) is 49.6 Å². The van der Waals surface area contributed by atoms with Gasteiger partial charge < -0.3 is 4.74 Å². The molecule has 148 valence electrons. The largest absolute Gasteiger partial charge is 0.462 e. The Bertz CT molecular complexity index is 1030. The summed E-state index contributed by atoms with van der Waals surface area (Å²) in [7, 11) is 0. The highest BCUT2D eigenvalue weighted by Crippen LogP contribution is 2.09. The van der Waals surface area contributed by atoms with E-state index >= 15 is 0 Å². The van der Waals surface area contributed by atoms with E-state index in [0.717, 1.165) is 0 Å². The normalized spacial score (nSPS) is 10.3. The van der Waals surface area contributed by atoms with Crippen molar-refractivity contribution >= 4 is 17.8 Å². The van der Waals surface area contributed by atoms with Crippen LogP contribution in [0.1, 0.15) is 43.8 Å². The summed E-state index contributed by atoms with van der Waals surface area (Å²) in [5.41, 5.74) is 6.27. The minimum atomic E-state index is -0.623. The SMILES string of the molecule is CCOC(=O)c1ccc(C(=O)NNC(=O)c2ccc(-n3cnnn3)cc2)nc1C. The van der Waals surface area contributed by atoms with E-state index in [1.165, 1.54) is 23.1 Å².